The SMILES string of the molecule is CC(C)c1ccc(NC(=O)CSc2nnnn2C2CCCC2)cc1. The first-order valence-corrected chi connectivity index (χ1v) is 9.42. The monoisotopic (exact) mass is 345 g/mol. The minimum absolute atomic E-state index is 0.0433. The Kier molecular flexibility index (Phi) is 5.50. The highest BCUT2D eigenvalue weighted by atomic mass is 32.2. The summed E-state index contributed by atoms with van der Waals surface area (Å²) in [6.45, 7) is 4.30. The number of aromatic nitrogens is 4. The van der Waals surface area contributed by atoms with Crippen molar-refractivity contribution in [2.45, 2.75) is 56.6 Å². The van der Waals surface area contributed by atoms with E-state index in [1.54, 1.807) is 0 Å². The first kappa shape index (κ1) is 17.0. The molecule has 1 saturated carbocycles. The number of nitrogens with zero attached hydrogens (tertiary/aromatic N) is 4. The van der Waals surface area contributed by atoms with Gasteiger partial charge in [0.2, 0.25) is 11.1 Å². The molecule has 7 heteroatoms. The minimum atomic E-state index is -0.0433. The normalized spacial score (nSPS) is 15.1. The number of benzene rings is 1. The molecule has 1 heterocycles. The summed E-state index contributed by atoms with van der Waals surface area (Å²) in [7, 11) is 0. The highest BCUT2D eigenvalue weighted by Crippen LogP contribution is 2.31. The van der Waals surface area contributed by atoms with E-state index in [1.165, 1.54) is 30.2 Å². The molecule has 1 aromatic heterocycles. The molecule has 1 aliphatic rings. The molecule has 1 aliphatic carbocycles. The third-order valence-electron chi connectivity index (χ3n) is 4.33. The Morgan fingerprint density at radius 2 is 2.00 bits per heavy atom. The lowest BCUT2D eigenvalue weighted by atomic mass is 10.0. The maximum Gasteiger partial charge on any atom is 0.234 e. The van der Waals surface area contributed by atoms with Crippen LogP contribution in [-0.4, -0.2) is 31.9 Å². The van der Waals surface area contributed by atoms with Crippen molar-refractivity contribution in [2.75, 3.05) is 11.1 Å². The predicted molar refractivity (Wildman–Crippen MR) is 95.2 cm³/mol. The molecule has 0 saturated heterocycles. The smallest absolute Gasteiger partial charge is 0.234 e. The molecule has 0 radical (unpaired) electrons. The van der Waals surface area contributed by atoms with Gasteiger partial charge in [-0.15, -0.1) is 5.10 Å². The van der Waals surface area contributed by atoms with E-state index in [4.69, 9.17) is 0 Å². The number of amides is 1. The summed E-state index contributed by atoms with van der Waals surface area (Å²) < 4.78 is 1.88. The van der Waals surface area contributed by atoms with Crippen LogP contribution in [0.4, 0.5) is 5.69 Å². The molecule has 0 unspecified atom stereocenters. The summed E-state index contributed by atoms with van der Waals surface area (Å²) >= 11 is 1.39. The van der Waals surface area contributed by atoms with E-state index in [0.717, 1.165) is 23.7 Å². The van der Waals surface area contributed by atoms with Gasteiger partial charge in [0.05, 0.1) is 11.8 Å². The molecule has 0 aliphatic heterocycles. The molecule has 6 nitrogen and oxygen atoms in total. The van der Waals surface area contributed by atoms with Crippen molar-refractivity contribution in [3.05, 3.63) is 29.8 Å². The summed E-state index contributed by atoms with van der Waals surface area (Å²) in [5.74, 6) is 0.747. The second-order valence-corrected chi connectivity index (χ2v) is 7.40. The van der Waals surface area contributed by atoms with Crippen LogP contribution in [0.25, 0.3) is 0 Å². The van der Waals surface area contributed by atoms with Crippen LogP contribution in [0.3, 0.4) is 0 Å². The summed E-state index contributed by atoms with van der Waals surface area (Å²) in [5, 5.41) is 15.6. The van der Waals surface area contributed by atoms with Gasteiger partial charge < -0.3 is 5.32 Å². The number of nitrogens with one attached hydrogen (secondary N) is 1. The van der Waals surface area contributed by atoms with Gasteiger partial charge in [-0.1, -0.05) is 50.6 Å². The van der Waals surface area contributed by atoms with Gasteiger partial charge in [-0.25, -0.2) is 4.68 Å². The van der Waals surface area contributed by atoms with Crippen LogP contribution in [0.1, 0.15) is 57.1 Å². The lowest BCUT2D eigenvalue weighted by molar-refractivity contribution is -0.113. The zero-order chi connectivity index (χ0) is 16.9. The molecule has 2 aromatic rings. The van der Waals surface area contributed by atoms with Gasteiger partial charge in [0.1, 0.15) is 0 Å². The summed E-state index contributed by atoms with van der Waals surface area (Å²) in [6.07, 6.45) is 4.68. The topological polar surface area (TPSA) is 72.7 Å². The molecule has 0 atom stereocenters. The maximum atomic E-state index is 12.1. The largest absolute Gasteiger partial charge is 0.325 e. The molecule has 0 bridgehead atoms. The van der Waals surface area contributed by atoms with Crippen LogP contribution in [0, 0.1) is 0 Å². The fourth-order valence-electron chi connectivity index (χ4n) is 2.94. The average molecular weight is 345 g/mol. The lowest BCUT2D eigenvalue weighted by Crippen LogP contribution is -2.15. The number of rotatable bonds is 6. The molecule has 1 amide bonds. The van der Waals surface area contributed by atoms with Gasteiger partial charge >= 0.3 is 0 Å². The van der Waals surface area contributed by atoms with Crippen molar-refractivity contribution in [2.24, 2.45) is 0 Å². The van der Waals surface area contributed by atoms with E-state index >= 15 is 0 Å². The number of carbonyl (C=O) groups excluding carboxylic acids is 1. The van der Waals surface area contributed by atoms with Crippen molar-refractivity contribution >= 4 is 23.4 Å². The van der Waals surface area contributed by atoms with Gasteiger partial charge in [0, 0.05) is 5.69 Å². The van der Waals surface area contributed by atoms with Crippen molar-refractivity contribution in [1.82, 2.24) is 20.2 Å². The third-order valence-corrected chi connectivity index (χ3v) is 5.26. The van der Waals surface area contributed by atoms with Crippen LogP contribution < -0.4 is 5.32 Å². The number of hydrogen-bond acceptors (Lipinski definition) is 5. The van der Waals surface area contributed by atoms with Gasteiger partial charge in [0.25, 0.3) is 0 Å². The highest BCUT2D eigenvalue weighted by molar-refractivity contribution is 7.99. The first-order chi connectivity index (χ1) is 11.6. The predicted octanol–water partition coefficient (Wildman–Crippen LogP) is 3.64. The number of thioether (sulfide) groups is 1. The Hall–Kier alpha value is -1.89. The quantitative estimate of drug-likeness (QED) is 0.809. The molecule has 1 N–H and O–H groups in total. The van der Waals surface area contributed by atoms with E-state index in [-0.39, 0.29) is 5.91 Å². The Morgan fingerprint density at radius 3 is 2.67 bits per heavy atom. The Morgan fingerprint density at radius 1 is 1.29 bits per heavy atom. The van der Waals surface area contributed by atoms with Gasteiger partial charge in [0.15, 0.2) is 0 Å². The number of carbonyl (C=O) groups is 1. The van der Waals surface area contributed by atoms with Crippen LogP contribution in [0.15, 0.2) is 29.4 Å². The van der Waals surface area contributed by atoms with E-state index in [0.29, 0.717) is 17.7 Å². The molecule has 24 heavy (non-hydrogen) atoms. The van der Waals surface area contributed by atoms with Crippen molar-refractivity contribution in [1.29, 1.82) is 0 Å². The Balaban J connectivity index is 1.53. The lowest BCUT2D eigenvalue weighted by Gasteiger charge is -2.11. The third kappa shape index (κ3) is 4.14. The molecule has 0 spiro atoms. The van der Waals surface area contributed by atoms with Crippen molar-refractivity contribution in [3.8, 4) is 0 Å². The maximum absolute atomic E-state index is 12.1. The standard InChI is InChI=1S/C17H23N5OS/c1-12(2)13-7-9-14(10-8-13)18-16(23)11-24-17-19-20-21-22(17)15-5-3-4-6-15/h7-10,12,15H,3-6,11H2,1-2H3,(H,18,23). The molecule has 3 rings (SSSR count). The molecule has 128 valence electrons. The fourth-order valence-corrected chi connectivity index (χ4v) is 3.68. The molecular weight excluding hydrogens is 322 g/mol. The second kappa shape index (κ2) is 7.79. The summed E-state index contributed by atoms with van der Waals surface area (Å²) in [4.78, 5) is 12.1. The Labute approximate surface area is 146 Å². The molecular formula is C17H23N5OS. The molecule has 1 aromatic carbocycles. The average Bonchev–Trinajstić information content (AvgIpc) is 3.24. The number of tetrazole rings is 1. The summed E-state index contributed by atoms with van der Waals surface area (Å²) in [6, 6.07) is 8.37. The second-order valence-electron chi connectivity index (χ2n) is 6.46. The zero-order valence-corrected chi connectivity index (χ0v) is 14.9. The van der Waals surface area contributed by atoms with E-state index in [9.17, 15) is 4.79 Å². The van der Waals surface area contributed by atoms with E-state index < -0.39 is 0 Å². The zero-order valence-electron chi connectivity index (χ0n) is 14.1. The highest BCUT2D eigenvalue weighted by Gasteiger charge is 2.22. The first-order valence-electron chi connectivity index (χ1n) is 8.44. The van der Waals surface area contributed by atoms with Gasteiger partial charge in [-0.2, -0.15) is 0 Å². The number of anilines is 1. The van der Waals surface area contributed by atoms with Gasteiger partial charge in [-0.05, 0) is 46.9 Å². The molecule has 1 fully saturated rings. The van der Waals surface area contributed by atoms with Gasteiger partial charge in [-0.3, -0.25) is 4.79 Å². The number of hydrogen-bond donors (Lipinski definition) is 1. The minimum Gasteiger partial charge on any atom is -0.325 e. The fraction of sp³-hybridized carbons (Fsp3) is 0.529. The van der Waals surface area contributed by atoms with Crippen molar-refractivity contribution < 1.29 is 4.79 Å². The van der Waals surface area contributed by atoms with E-state index in [1.807, 2.05) is 28.9 Å². The van der Waals surface area contributed by atoms with Crippen LogP contribution >= 0.6 is 11.8 Å². The van der Waals surface area contributed by atoms with Crippen LogP contribution in [-0.2, 0) is 4.79 Å². The Bertz CT molecular complexity index is 677. The summed E-state index contributed by atoms with van der Waals surface area (Å²) in [5.41, 5.74) is 2.08. The van der Waals surface area contributed by atoms with E-state index in [2.05, 4.69) is 34.7 Å². The van der Waals surface area contributed by atoms with Crippen LogP contribution in [0.5, 0.6) is 0 Å². The van der Waals surface area contributed by atoms with Crippen molar-refractivity contribution in [3.63, 3.8) is 0 Å². The van der Waals surface area contributed by atoms with Crippen LogP contribution in [0.2, 0.25) is 0 Å².